The molecule has 3 aliphatic rings. The van der Waals surface area contributed by atoms with Crippen molar-refractivity contribution in [2.24, 2.45) is 11.3 Å². The summed E-state index contributed by atoms with van der Waals surface area (Å²) in [6.45, 7) is 11.8. The van der Waals surface area contributed by atoms with Gasteiger partial charge in [0.2, 0.25) is 0 Å². The minimum atomic E-state index is -0.349. The maximum absolute atomic E-state index is 13.2. The minimum Gasteiger partial charge on any atom is -0.466 e. The van der Waals surface area contributed by atoms with Gasteiger partial charge in [-0.25, -0.2) is 0 Å². The molecule has 1 saturated carbocycles. The van der Waals surface area contributed by atoms with Crippen molar-refractivity contribution >= 4 is 5.97 Å². The number of likely N-dealkylation sites (tertiary alicyclic amines) is 1. The summed E-state index contributed by atoms with van der Waals surface area (Å²) in [5, 5.41) is 4.41. The van der Waals surface area contributed by atoms with E-state index in [9.17, 15) is 4.79 Å². The Morgan fingerprint density at radius 3 is 2.83 bits per heavy atom. The third-order valence-corrected chi connectivity index (χ3v) is 7.22. The molecule has 0 radical (unpaired) electrons. The highest BCUT2D eigenvalue weighted by molar-refractivity contribution is 5.78. The monoisotopic (exact) mass is 404 g/mol. The highest BCUT2D eigenvalue weighted by atomic mass is 16.5. The van der Waals surface area contributed by atoms with Gasteiger partial charge >= 0.3 is 5.97 Å². The lowest BCUT2D eigenvalue weighted by molar-refractivity contribution is -0.170. The largest absolute Gasteiger partial charge is 0.466 e. The van der Waals surface area contributed by atoms with Crippen molar-refractivity contribution in [2.75, 3.05) is 46.0 Å². The standard InChI is InChI=1S/C22H36N4O3/c1-3-26-16-18(14-23-26)15-24-8-6-19-13-20(25-9-11-28-12-10-25)5-7-22(19,17-24)21(27)29-4-2/h14,16,19-20H,3-13,15,17H2,1-2H3/t19-,20-,22-/m1/s1. The number of morpholine rings is 1. The fourth-order valence-corrected chi connectivity index (χ4v) is 5.66. The average molecular weight is 405 g/mol. The fourth-order valence-electron chi connectivity index (χ4n) is 5.66. The minimum absolute atomic E-state index is 0.0272. The molecule has 0 aromatic carbocycles. The zero-order valence-corrected chi connectivity index (χ0v) is 18.0. The number of hydrogen-bond donors (Lipinski definition) is 0. The number of carbonyl (C=O) groups excluding carboxylic acids is 1. The summed E-state index contributed by atoms with van der Waals surface area (Å²) < 4.78 is 13.1. The van der Waals surface area contributed by atoms with Crippen molar-refractivity contribution in [3.8, 4) is 0 Å². The third-order valence-electron chi connectivity index (χ3n) is 7.22. The average Bonchev–Trinajstić information content (AvgIpc) is 3.21. The van der Waals surface area contributed by atoms with E-state index in [-0.39, 0.29) is 11.4 Å². The fraction of sp³-hybridized carbons (Fsp3) is 0.818. The lowest BCUT2D eigenvalue weighted by Crippen LogP contribution is -2.58. The van der Waals surface area contributed by atoms with E-state index in [1.54, 1.807) is 0 Å². The Hall–Kier alpha value is -1.44. The van der Waals surface area contributed by atoms with Crippen LogP contribution in [0.3, 0.4) is 0 Å². The molecule has 2 saturated heterocycles. The summed E-state index contributed by atoms with van der Waals surface area (Å²) in [4.78, 5) is 18.2. The van der Waals surface area contributed by atoms with Gasteiger partial charge in [-0.05, 0) is 52.0 Å². The Morgan fingerprint density at radius 1 is 1.28 bits per heavy atom. The van der Waals surface area contributed by atoms with Crippen LogP contribution < -0.4 is 0 Å². The number of ether oxygens (including phenoxy) is 2. The van der Waals surface area contributed by atoms with Crippen LogP contribution in [0.1, 0.15) is 45.1 Å². The molecule has 0 N–H and O–H groups in total. The number of piperidine rings is 1. The maximum Gasteiger partial charge on any atom is 0.313 e. The first-order valence-electron chi connectivity index (χ1n) is 11.4. The molecule has 29 heavy (non-hydrogen) atoms. The van der Waals surface area contributed by atoms with Gasteiger partial charge in [-0.15, -0.1) is 0 Å². The molecule has 7 heteroatoms. The van der Waals surface area contributed by atoms with Crippen LogP contribution in [-0.2, 0) is 27.4 Å². The van der Waals surface area contributed by atoms with E-state index >= 15 is 0 Å². The van der Waals surface area contributed by atoms with Crippen LogP contribution in [0.25, 0.3) is 0 Å². The zero-order chi connectivity index (χ0) is 20.3. The predicted octanol–water partition coefficient (Wildman–Crippen LogP) is 2.16. The van der Waals surface area contributed by atoms with E-state index in [0.29, 0.717) is 18.6 Å². The Balaban J connectivity index is 1.47. The molecule has 7 nitrogen and oxygen atoms in total. The Labute approximate surface area is 174 Å². The van der Waals surface area contributed by atoms with Gasteiger partial charge in [-0.3, -0.25) is 19.3 Å². The molecular weight excluding hydrogens is 368 g/mol. The molecule has 1 aliphatic carbocycles. The number of aromatic nitrogens is 2. The second-order valence-corrected chi connectivity index (χ2v) is 8.85. The van der Waals surface area contributed by atoms with Crippen molar-refractivity contribution < 1.29 is 14.3 Å². The smallest absolute Gasteiger partial charge is 0.313 e. The molecule has 2 aliphatic heterocycles. The van der Waals surface area contributed by atoms with Crippen molar-refractivity contribution in [1.29, 1.82) is 0 Å². The number of esters is 1. The molecule has 1 aromatic rings. The van der Waals surface area contributed by atoms with Crippen LogP contribution in [-0.4, -0.2) is 77.6 Å². The summed E-state index contributed by atoms with van der Waals surface area (Å²) in [6.07, 6.45) is 8.28. The van der Waals surface area contributed by atoms with Gasteiger partial charge in [-0.2, -0.15) is 5.10 Å². The molecule has 4 rings (SSSR count). The second-order valence-electron chi connectivity index (χ2n) is 8.85. The van der Waals surface area contributed by atoms with E-state index in [4.69, 9.17) is 9.47 Å². The first-order chi connectivity index (χ1) is 14.1. The Bertz CT molecular complexity index is 687. The van der Waals surface area contributed by atoms with Crippen LogP contribution in [0, 0.1) is 11.3 Å². The molecule has 0 bridgehead atoms. The molecule has 0 amide bonds. The zero-order valence-electron chi connectivity index (χ0n) is 18.0. The quantitative estimate of drug-likeness (QED) is 0.677. The number of aryl methyl sites for hydroxylation is 1. The molecule has 0 unspecified atom stereocenters. The molecule has 3 atom stereocenters. The number of rotatable bonds is 6. The van der Waals surface area contributed by atoms with E-state index in [1.165, 1.54) is 5.56 Å². The van der Waals surface area contributed by atoms with E-state index in [1.807, 2.05) is 17.8 Å². The topological polar surface area (TPSA) is 59.8 Å². The number of nitrogens with zero attached hydrogens (tertiary/aromatic N) is 4. The van der Waals surface area contributed by atoms with Gasteiger partial charge < -0.3 is 9.47 Å². The number of fused-ring (bicyclic) bond motifs is 1. The molecule has 162 valence electrons. The van der Waals surface area contributed by atoms with Gasteiger partial charge in [0.05, 0.1) is 31.4 Å². The molecule has 3 heterocycles. The van der Waals surface area contributed by atoms with Gasteiger partial charge in [0, 0.05) is 50.5 Å². The molecule has 0 spiro atoms. The number of carbonyl (C=O) groups is 1. The summed E-state index contributed by atoms with van der Waals surface area (Å²) in [5.41, 5.74) is 0.879. The third kappa shape index (κ3) is 4.37. The second kappa shape index (κ2) is 9.14. The van der Waals surface area contributed by atoms with E-state index < -0.39 is 0 Å². The summed E-state index contributed by atoms with van der Waals surface area (Å²) in [6, 6.07) is 0.584. The van der Waals surface area contributed by atoms with Crippen molar-refractivity contribution in [3.63, 3.8) is 0 Å². The first-order valence-corrected chi connectivity index (χ1v) is 11.4. The summed E-state index contributed by atoms with van der Waals surface area (Å²) in [7, 11) is 0. The lowest BCUT2D eigenvalue weighted by Gasteiger charge is -2.52. The van der Waals surface area contributed by atoms with Crippen LogP contribution in [0.15, 0.2) is 12.4 Å². The SMILES string of the molecule is CCOC(=O)[C@@]12CC[C@@H](N3CCOCC3)C[C@H]1CCN(Cc1cnn(CC)c1)C2. The Kier molecular flexibility index (Phi) is 6.56. The maximum atomic E-state index is 13.2. The van der Waals surface area contributed by atoms with Crippen LogP contribution >= 0.6 is 0 Å². The van der Waals surface area contributed by atoms with Crippen LogP contribution in [0.2, 0.25) is 0 Å². The molecule has 3 fully saturated rings. The van der Waals surface area contributed by atoms with Crippen LogP contribution in [0.4, 0.5) is 0 Å². The van der Waals surface area contributed by atoms with Gasteiger partial charge in [0.1, 0.15) is 0 Å². The van der Waals surface area contributed by atoms with E-state index in [0.717, 1.165) is 78.2 Å². The Morgan fingerprint density at radius 2 is 2.10 bits per heavy atom. The normalized spacial score (nSPS) is 31.4. The molecular formula is C22H36N4O3. The summed E-state index contributed by atoms with van der Waals surface area (Å²) >= 11 is 0. The van der Waals surface area contributed by atoms with Crippen LogP contribution in [0.5, 0.6) is 0 Å². The predicted molar refractivity (Wildman–Crippen MR) is 110 cm³/mol. The van der Waals surface area contributed by atoms with Crippen molar-refractivity contribution in [1.82, 2.24) is 19.6 Å². The van der Waals surface area contributed by atoms with Gasteiger partial charge in [-0.1, -0.05) is 0 Å². The summed E-state index contributed by atoms with van der Waals surface area (Å²) in [5.74, 6) is 0.442. The van der Waals surface area contributed by atoms with E-state index in [2.05, 4.69) is 28.0 Å². The van der Waals surface area contributed by atoms with Crippen molar-refractivity contribution in [3.05, 3.63) is 18.0 Å². The van der Waals surface area contributed by atoms with Gasteiger partial charge in [0.15, 0.2) is 0 Å². The number of hydrogen-bond acceptors (Lipinski definition) is 6. The van der Waals surface area contributed by atoms with Gasteiger partial charge in [0.25, 0.3) is 0 Å². The first kappa shape index (κ1) is 20.8. The molecule has 1 aromatic heterocycles. The lowest BCUT2D eigenvalue weighted by atomic mass is 9.61. The highest BCUT2D eigenvalue weighted by Gasteiger charge is 2.53. The van der Waals surface area contributed by atoms with Crippen molar-refractivity contribution in [2.45, 2.75) is 58.7 Å². The highest BCUT2D eigenvalue weighted by Crippen LogP contribution is 2.48.